The monoisotopic (exact) mass is 483 g/mol. The van der Waals surface area contributed by atoms with Crippen LogP contribution in [0, 0.1) is 0 Å². The van der Waals surface area contributed by atoms with E-state index in [4.69, 9.17) is 19.3 Å². The molecular weight excluding hydrogens is 454 g/mol. The van der Waals surface area contributed by atoms with Gasteiger partial charge >= 0.3 is 0 Å². The molecule has 36 heavy (non-hydrogen) atoms. The number of methoxy groups -OCH3 is 3. The summed E-state index contributed by atoms with van der Waals surface area (Å²) in [6.07, 6.45) is 0.675. The van der Waals surface area contributed by atoms with E-state index in [0.717, 1.165) is 33.7 Å². The van der Waals surface area contributed by atoms with Crippen molar-refractivity contribution in [2.45, 2.75) is 12.5 Å². The second-order valence-corrected chi connectivity index (χ2v) is 8.71. The third-order valence-corrected chi connectivity index (χ3v) is 6.70. The highest BCUT2D eigenvalue weighted by molar-refractivity contribution is 6.00. The molecule has 4 aromatic rings. The Kier molecular flexibility index (Phi) is 6.38. The maximum Gasteiger partial charge on any atom is 0.273 e. The molecule has 1 aliphatic rings. The largest absolute Gasteiger partial charge is 0.497 e. The number of ether oxygens (including phenoxy) is 3. The van der Waals surface area contributed by atoms with Crippen LogP contribution in [0.15, 0.2) is 72.8 Å². The fraction of sp³-hybridized carbons (Fsp3) is 0.241. The molecule has 1 unspecified atom stereocenters. The van der Waals surface area contributed by atoms with Crippen molar-refractivity contribution in [1.82, 2.24) is 14.7 Å². The van der Waals surface area contributed by atoms with Gasteiger partial charge < -0.3 is 19.1 Å². The predicted molar refractivity (Wildman–Crippen MR) is 138 cm³/mol. The summed E-state index contributed by atoms with van der Waals surface area (Å²) >= 11 is 0. The number of hydrogen-bond acceptors (Lipinski definition) is 5. The molecule has 1 amide bonds. The lowest BCUT2D eigenvalue weighted by Gasteiger charge is -2.26. The lowest BCUT2D eigenvalue weighted by atomic mass is 9.96. The Labute approximate surface area is 210 Å². The average molecular weight is 484 g/mol. The quantitative estimate of drug-likeness (QED) is 0.357. The number of benzene rings is 3. The summed E-state index contributed by atoms with van der Waals surface area (Å²) < 4.78 is 17.9. The number of fused-ring (bicyclic) bond motifs is 1. The van der Waals surface area contributed by atoms with E-state index in [0.29, 0.717) is 30.2 Å². The highest BCUT2D eigenvalue weighted by atomic mass is 16.5. The third kappa shape index (κ3) is 4.06. The van der Waals surface area contributed by atoms with Gasteiger partial charge in [-0.1, -0.05) is 36.4 Å². The molecule has 0 fully saturated rings. The zero-order valence-corrected chi connectivity index (χ0v) is 20.9. The van der Waals surface area contributed by atoms with E-state index in [9.17, 15) is 4.79 Å². The fourth-order valence-electron chi connectivity index (χ4n) is 4.92. The van der Waals surface area contributed by atoms with E-state index in [2.05, 4.69) is 12.1 Å². The molecule has 0 saturated carbocycles. The number of amides is 1. The van der Waals surface area contributed by atoms with Crippen LogP contribution in [0.1, 0.15) is 33.2 Å². The predicted octanol–water partition coefficient (Wildman–Crippen LogP) is 4.90. The summed E-state index contributed by atoms with van der Waals surface area (Å²) in [6.45, 7) is 0.546. The molecule has 7 nitrogen and oxygen atoms in total. The molecule has 1 atom stereocenters. The van der Waals surface area contributed by atoms with Crippen molar-refractivity contribution in [3.8, 4) is 28.5 Å². The van der Waals surface area contributed by atoms with Crippen LogP contribution in [0.3, 0.4) is 0 Å². The van der Waals surface area contributed by atoms with Gasteiger partial charge in [-0.15, -0.1) is 0 Å². The van der Waals surface area contributed by atoms with Crippen LogP contribution < -0.4 is 14.2 Å². The number of rotatable bonds is 8. The molecule has 2 heterocycles. The number of aromatic nitrogens is 2. The first-order valence-corrected chi connectivity index (χ1v) is 11.8. The van der Waals surface area contributed by atoms with Gasteiger partial charge in [0.05, 0.1) is 33.1 Å². The van der Waals surface area contributed by atoms with Gasteiger partial charge in [-0.2, -0.15) is 5.10 Å². The molecule has 5 rings (SSSR count). The lowest BCUT2D eigenvalue weighted by molar-refractivity contribution is 0.0742. The van der Waals surface area contributed by atoms with Crippen LogP contribution in [0.2, 0.25) is 0 Å². The first kappa shape index (κ1) is 23.5. The Balaban J connectivity index is 1.54. The van der Waals surface area contributed by atoms with Gasteiger partial charge in [0.15, 0.2) is 11.5 Å². The summed E-state index contributed by atoms with van der Waals surface area (Å²) in [4.78, 5) is 15.7. The topological polar surface area (TPSA) is 65.8 Å². The minimum absolute atomic E-state index is 0.0194. The standard InChI is InChI=1S/C29H29N3O4/c1-31-28-25(26(30-31)20-11-13-22(34-2)14-12-20)27(21-8-6-5-7-9-21)32(29(28)33)17-16-19-10-15-23(35-3)24(18-19)36-4/h5-15,18,27H,16-17H2,1-4H3. The Morgan fingerprint density at radius 3 is 2.25 bits per heavy atom. The zero-order chi connectivity index (χ0) is 25.2. The number of carbonyl (C=O) groups excluding carboxylic acids is 1. The van der Waals surface area contributed by atoms with E-state index in [-0.39, 0.29) is 11.9 Å². The van der Waals surface area contributed by atoms with Crippen molar-refractivity contribution in [3.05, 3.63) is 95.2 Å². The van der Waals surface area contributed by atoms with E-state index in [1.165, 1.54) is 0 Å². The second-order valence-electron chi connectivity index (χ2n) is 8.71. The van der Waals surface area contributed by atoms with Crippen LogP contribution in [-0.4, -0.2) is 48.5 Å². The molecule has 0 aliphatic carbocycles. The smallest absolute Gasteiger partial charge is 0.273 e. The Bertz CT molecular complexity index is 1380. The summed E-state index contributed by atoms with van der Waals surface area (Å²) in [5, 5.41) is 4.78. The Hall–Kier alpha value is -4.26. The third-order valence-electron chi connectivity index (χ3n) is 6.70. The van der Waals surface area contributed by atoms with Gasteiger partial charge in [0.25, 0.3) is 5.91 Å². The molecule has 0 saturated heterocycles. The molecule has 3 aromatic carbocycles. The van der Waals surface area contributed by atoms with Crippen LogP contribution in [0.5, 0.6) is 17.2 Å². The van der Waals surface area contributed by atoms with Crippen LogP contribution in [-0.2, 0) is 13.5 Å². The molecule has 1 aromatic heterocycles. The maximum atomic E-state index is 13.8. The van der Waals surface area contributed by atoms with Crippen LogP contribution in [0.25, 0.3) is 11.3 Å². The van der Waals surface area contributed by atoms with Crippen LogP contribution >= 0.6 is 0 Å². The summed E-state index contributed by atoms with van der Waals surface area (Å²) in [7, 11) is 6.73. The van der Waals surface area contributed by atoms with Crippen molar-refractivity contribution in [3.63, 3.8) is 0 Å². The maximum absolute atomic E-state index is 13.8. The second kappa shape index (κ2) is 9.77. The van der Waals surface area contributed by atoms with Crippen molar-refractivity contribution in [1.29, 1.82) is 0 Å². The van der Waals surface area contributed by atoms with E-state index in [1.807, 2.05) is 72.6 Å². The summed E-state index contributed by atoms with van der Waals surface area (Å²) in [5.74, 6) is 2.12. The van der Waals surface area contributed by atoms with E-state index >= 15 is 0 Å². The van der Waals surface area contributed by atoms with Gasteiger partial charge in [-0.3, -0.25) is 9.48 Å². The molecule has 0 N–H and O–H groups in total. The number of carbonyl (C=O) groups is 1. The SMILES string of the molecule is COc1ccc(-c2nn(C)c3c2C(c2ccccc2)N(CCc2ccc(OC)c(OC)c2)C3=O)cc1. The van der Waals surface area contributed by atoms with Crippen LogP contribution in [0.4, 0.5) is 0 Å². The van der Waals surface area contributed by atoms with E-state index < -0.39 is 0 Å². The van der Waals surface area contributed by atoms with Gasteiger partial charge in [0.1, 0.15) is 11.4 Å². The molecular formula is C29H29N3O4. The molecule has 0 radical (unpaired) electrons. The number of aryl methyl sites for hydroxylation is 1. The molecule has 184 valence electrons. The zero-order valence-electron chi connectivity index (χ0n) is 20.9. The molecule has 1 aliphatic heterocycles. The lowest BCUT2D eigenvalue weighted by Crippen LogP contribution is -2.32. The van der Waals surface area contributed by atoms with Crippen molar-refractivity contribution >= 4 is 5.91 Å². The van der Waals surface area contributed by atoms with Crippen molar-refractivity contribution in [2.75, 3.05) is 27.9 Å². The normalized spacial score (nSPS) is 14.6. The number of nitrogens with zero attached hydrogens (tertiary/aromatic N) is 3. The minimum atomic E-state index is -0.236. The average Bonchev–Trinajstić information content (AvgIpc) is 3.42. The van der Waals surface area contributed by atoms with E-state index in [1.54, 1.807) is 26.0 Å². The van der Waals surface area contributed by atoms with Gasteiger partial charge in [0, 0.05) is 24.7 Å². The van der Waals surface area contributed by atoms with Gasteiger partial charge in [0.2, 0.25) is 0 Å². The highest BCUT2D eigenvalue weighted by Crippen LogP contribution is 2.43. The first-order chi connectivity index (χ1) is 17.5. The first-order valence-electron chi connectivity index (χ1n) is 11.8. The van der Waals surface area contributed by atoms with Crippen molar-refractivity contribution in [2.24, 2.45) is 7.05 Å². The van der Waals surface area contributed by atoms with Gasteiger partial charge in [-0.25, -0.2) is 0 Å². The fourth-order valence-corrected chi connectivity index (χ4v) is 4.92. The summed E-state index contributed by atoms with van der Waals surface area (Å²) in [5.41, 5.74) is 5.44. The van der Waals surface area contributed by atoms with Crippen molar-refractivity contribution < 1.29 is 19.0 Å². The Morgan fingerprint density at radius 1 is 0.861 bits per heavy atom. The van der Waals surface area contributed by atoms with Gasteiger partial charge in [-0.05, 0) is 53.9 Å². The Morgan fingerprint density at radius 2 is 1.58 bits per heavy atom. The molecule has 0 spiro atoms. The highest BCUT2D eigenvalue weighted by Gasteiger charge is 2.43. The minimum Gasteiger partial charge on any atom is -0.497 e. The summed E-state index contributed by atoms with van der Waals surface area (Å²) in [6, 6.07) is 23.6. The number of hydrogen-bond donors (Lipinski definition) is 0. The molecule has 7 heteroatoms. The molecule has 0 bridgehead atoms.